The summed E-state index contributed by atoms with van der Waals surface area (Å²) in [5.41, 5.74) is 0.0651. The van der Waals surface area contributed by atoms with E-state index in [-0.39, 0.29) is 22.4 Å². The first-order valence-corrected chi connectivity index (χ1v) is 6.28. The Kier molecular flexibility index (Phi) is 2.48. The van der Waals surface area contributed by atoms with Crippen LogP contribution in [0.5, 0.6) is 0 Å². The lowest BCUT2D eigenvalue weighted by atomic mass is 9.77. The summed E-state index contributed by atoms with van der Waals surface area (Å²) in [7, 11) is 0. The average Bonchev–Trinajstić information content (AvgIpc) is 2.17. The Labute approximate surface area is 99.3 Å². The second kappa shape index (κ2) is 3.21. The van der Waals surface area contributed by atoms with E-state index in [1.54, 1.807) is 0 Å². The van der Waals surface area contributed by atoms with E-state index in [9.17, 15) is 0 Å². The van der Waals surface area contributed by atoms with Crippen molar-refractivity contribution in [3.63, 3.8) is 0 Å². The van der Waals surface area contributed by atoms with Gasteiger partial charge in [-0.1, -0.05) is 0 Å². The van der Waals surface area contributed by atoms with Crippen LogP contribution in [0.15, 0.2) is 0 Å². The van der Waals surface area contributed by atoms with Gasteiger partial charge in [-0.3, -0.25) is 5.32 Å². The van der Waals surface area contributed by atoms with Crippen LogP contribution < -0.4 is 10.6 Å². The fourth-order valence-electron chi connectivity index (χ4n) is 3.67. The van der Waals surface area contributed by atoms with Crippen LogP contribution in [0.1, 0.15) is 54.4 Å². The average molecular weight is 226 g/mol. The summed E-state index contributed by atoms with van der Waals surface area (Å²) >= 11 is 0. The molecule has 1 spiro atoms. The molecule has 3 heteroatoms. The van der Waals surface area contributed by atoms with Crippen molar-refractivity contribution in [1.82, 2.24) is 10.6 Å². The molecule has 2 heterocycles. The standard InChI is InChI=1S/C13H26N2O/c1-10(2)7-13(8-11(3,4)15-10)14-9-12(5,6)16-13/h14-15H,7-9H2,1-6H3. The smallest absolute Gasteiger partial charge is 0.123 e. The lowest BCUT2D eigenvalue weighted by molar-refractivity contribution is -0.138. The number of hydrogen-bond donors (Lipinski definition) is 2. The first-order chi connectivity index (χ1) is 7.04. The van der Waals surface area contributed by atoms with Crippen molar-refractivity contribution in [2.24, 2.45) is 0 Å². The van der Waals surface area contributed by atoms with Crippen LogP contribution in [0.3, 0.4) is 0 Å². The molecule has 2 aliphatic rings. The topological polar surface area (TPSA) is 33.3 Å². The van der Waals surface area contributed by atoms with E-state index in [1.165, 1.54) is 0 Å². The maximum Gasteiger partial charge on any atom is 0.123 e. The third-order valence-corrected chi connectivity index (χ3v) is 3.44. The predicted molar refractivity (Wildman–Crippen MR) is 66.4 cm³/mol. The highest BCUT2D eigenvalue weighted by atomic mass is 16.5. The maximum absolute atomic E-state index is 6.30. The Morgan fingerprint density at radius 2 is 1.38 bits per heavy atom. The van der Waals surface area contributed by atoms with Gasteiger partial charge in [-0.25, -0.2) is 0 Å². The molecule has 2 saturated heterocycles. The van der Waals surface area contributed by atoms with E-state index in [4.69, 9.17) is 4.74 Å². The third-order valence-electron chi connectivity index (χ3n) is 3.44. The van der Waals surface area contributed by atoms with Crippen LogP contribution in [0.25, 0.3) is 0 Å². The van der Waals surface area contributed by atoms with Crippen LogP contribution in [0.2, 0.25) is 0 Å². The molecule has 0 radical (unpaired) electrons. The molecule has 2 N–H and O–H groups in total. The molecule has 94 valence electrons. The Balaban J connectivity index is 2.23. The molecule has 16 heavy (non-hydrogen) atoms. The van der Waals surface area contributed by atoms with Crippen molar-refractivity contribution in [2.45, 2.75) is 76.8 Å². The van der Waals surface area contributed by atoms with Crippen LogP contribution in [0.4, 0.5) is 0 Å². The normalized spacial score (nSPS) is 34.1. The van der Waals surface area contributed by atoms with Gasteiger partial charge < -0.3 is 10.1 Å². The summed E-state index contributed by atoms with van der Waals surface area (Å²) in [5, 5.41) is 7.30. The Morgan fingerprint density at radius 3 is 1.75 bits per heavy atom. The second-order valence-electron chi connectivity index (χ2n) is 7.46. The van der Waals surface area contributed by atoms with Crippen molar-refractivity contribution in [1.29, 1.82) is 0 Å². The number of nitrogens with one attached hydrogen (secondary N) is 2. The van der Waals surface area contributed by atoms with Crippen molar-refractivity contribution >= 4 is 0 Å². The summed E-state index contributed by atoms with van der Waals surface area (Å²) in [5.74, 6) is 0. The second-order valence-corrected chi connectivity index (χ2v) is 7.46. The fourth-order valence-corrected chi connectivity index (χ4v) is 3.67. The lowest BCUT2D eigenvalue weighted by Crippen LogP contribution is -2.66. The van der Waals surface area contributed by atoms with Gasteiger partial charge in [0, 0.05) is 30.5 Å². The molecule has 0 amide bonds. The summed E-state index contributed by atoms with van der Waals surface area (Å²) in [6, 6.07) is 0. The molecule has 0 bridgehead atoms. The Morgan fingerprint density at radius 1 is 0.875 bits per heavy atom. The molecule has 3 nitrogen and oxygen atoms in total. The van der Waals surface area contributed by atoms with E-state index in [1.807, 2.05) is 0 Å². The van der Waals surface area contributed by atoms with Gasteiger partial charge in [0.25, 0.3) is 0 Å². The monoisotopic (exact) mass is 226 g/mol. The van der Waals surface area contributed by atoms with Crippen molar-refractivity contribution < 1.29 is 4.74 Å². The molecule has 0 saturated carbocycles. The number of rotatable bonds is 0. The zero-order chi connectivity index (χ0) is 12.2. The molecular formula is C13H26N2O. The molecule has 0 aromatic rings. The van der Waals surface area contributed by atoms with Crippen LogP contribution in [0, 0.1) is 0 Å². The summed E-state index contributed by atoms with van der Waals surface area (Å²) in [4.78, 5) is 0. The predicted octanol–water partition coefficient (Wildman–Crippen LogP) is 2.02. The molecule has 0 atom stereocenters. The molecule has 2 rings (SSSR count). The quantitative estimate of drug-likeness (QED) is 0.663. The Hall–Kier alpha value is -0.120. The van der Waals surface area contributed by atoms with E-state index >= 15 is 0 Å². The minimum absolute atomic E-state index is 0.0382. The first kappa shape index (κ1) is 12.3. The van der Waals surface area contributed by atoms with Crippen LogP contribution >= 0.6 is 0 Å². The summed E-state index contributed by atoms with van der Waals surface area (Å²) in [6.07, 6.45) is 2.04. The van der Waals surface area contributed by atoms with Crippen molar-refractivity contribution in [3.8, 4) is 0 Å². The minimum atomic E-state index is -0.137. The van der Waals surface area contributed by atoms with E-state index in [0.29, 0.717) is 0 Å². The molecule has 2 fully saturated rings. The highest BCUT2D eigenvalue weighted by molar-refractivity contribution is 5.07. The van der Waals surface area contributed by atoms with Crippen LogP contribution in [-0.2, 0) is 4.74 Å². The SMILES string of the molecule is CC1(C)CC2(CC(C)(C)N1)NCC(C)(C)O2. The van der Waals surface area contributed by atoms with Crippen molar-refractivity contribution in [2.75, 3.05) is 6.54 Å². The Bertz CT molecular complexity index is 278. The van der Waals surface area contributed by atoms with Crippen molar-refractivity contribution in [3.05, 3.63) is 0 Å². The van der Waals surface area contributed by atoms with Gasteiger partial charge in [0.2, 0.25) is 0 Å². The minimum Gasteiger partial charge on any atom is -0.353 e. The molecule has 0 aromatic carbocycles. The molecule has 0 unspecified atom stereocenters. The number of ether oxygens (including phenoxy) is 1. The molecular weight excluding hydrogens is 200 g/mol. The van der Waals surface area contributed by atoms with Gasteiger partial charge in [-0.2, -0.15) is 0 Å². The van der Waals surface area contributed by atoms with Gasteiger partial charge in [-0.05, 0) is 41.5 Å². The molecule has 0 aliphatic carbocycles. The largest absolute Gasteiger partial charge is 0.353 e. The summed E-state index contributed by atoms with van der Waals surface area (Å²) < 4.78 is 6.30. The number of piperidine rings is 1. The van der Waals surface area contributed by atoms with Gasteiger partial charge in [-0.15, -0.1) is 0 Å². The van der Waals surface area contributed by atoms with Gasteiger partial charge >= 0.3 is 0 Å². The molecule has 0 aromatic heterocycles. The highest BCUT2D eigenvalue weighted by Crippen LogP contribution is 2.41. The number of hydrogen-bond acceptors (Lipinski definition) is 3. The van der Waals surface area contributed by atoms with Gasteiger partial charge in [0.05, 0.1) is 5.60 Å². The van der Waals surface area contributed by atoms with Crippen LogP contribution in [-0.4, -0.2) is 28.9 Å². The zero-order valence-electron chi connectivity index (χ0n) is 11.5. The maximum atomic E-state index is 6.30. The van der Waals surface area contributed by atoms with Gasteiger partial charge in [0.15, 0.2) is 0 Å². The lowest BCUT2D eigenvalue weighted by Gasteiger charge is -2.51. The molecule has 2 aliphatic heterocycles. The third kappa shape index (κ3) is 2.41. The first-order valence-electron chi connectivity index (χ1n) is 6.28. The summed E-state index contributed by atoms with van der Waals surface area (Å²) in [6.45, 7) is 14.3. The zero-order valence-corrected chi connectivity index (χ0v) is 11.5. The van der Waals surface area contributed by atoms with Gasteiger partial charge in [0.1, 0.15) is 5.72 Å². The highest BCUT2D eigenvalue weighted by Gasteiger charge is 2.53. The van der Waals surface area contributed by atoms with E-state index in [0.717, 1.165) is 19.4 Å². The van der Waals surface area contributed by atoms with E-state index in [2.05, 4.69) is 52.2 Å². The van der Waals surface area contributed by atoms with E-state index < -0.39 is 0 Å². The fraction of sp³-hybridized carbons (Fsp3) is 1.00.